The van der Waals surface area contributed by atoms with E-state index >= 15 is 0 Å². The van der Waals surface area contributed by atoms with Gasteiger partial charge in [0, 0.05) is 0 Å². The third-order valence-corrected chi connectivity index (χ3v) is 14.0. The average Bonchev–Trinajstić information content (AvgIpc) is 3.12. The molecule has 0 atom stereocenters. The molecule has 0 amide bonds. The molecule has 3 aromatic carbocycles. The second-order valence-electron chi connectivity index (χ2n) is 13.9. The molecule has 3 aliphatic carbocycles. The van der Waals surface area contributed by atoms with Gasteiger partial charge in [-0.25, -0.2) is 17.2 Å². The third kappa shape index (κ3) is 7.99. The Labute approximate surface area is 301 Å². The Morgan fingerprint density at radius 3 is 1.37 bits per heavy atom. The highest BCUT2D eigenvalue weighted by atomic mass is 32.2. The summed E-state index contributed by atoms with van der Waals surface area (Å²) in [5.41, 5.74) is 2.69. The first kappa shape index (κ1) is 38.5. The maximum Gasteiger partial charge on any atom is 0.339 e. The molecule has 0 saturated heterocycles. The molecule has 3 aliphatic rings. The molecular weight excluding hydrogens is 749 g/mol. The first-order chi connectivity index (χ1) is 24.6. The summed E-state index contributed by atoms with van der Waals surface area (Å²) >= 11 is 0. The van der Waals surface area contributed by atoms with E-state index < -0.39 is 69.2 Å². The molecule has 3 fully saturated rings. The van der Waals surface area contributed by atoms with Gasteiger partial charge in [0.1, 0.15) is 30.6 Å². The summed E-state index contributed by atoms with van der Waals surface area (Å²) in [6.45, 7) is 0. The Bertz CT molecular complexity index is 2070. The van der Waals surface area contributed by atoms with Gasteiger partial charge in [-0.3, -0.25) is 0 Å². The zero-order valence-electron chi connectivity index (χ0n) is 28.2. The van der Waals surface area contributed by atoms with E-state index in [-0.39, 0.29) is 22.5 Å². The van der Waals surface area contributed by atoms with Crippen LogP contribution in [-0.2, 0) is 30.4 Å². The Hall–Kier alpha value is -3.21. The highest BCUT2D eigenvalue weighted by Gasteiger charge is 2.36. The topological polar surface area (TPSA) is 144 Å². The highest BCUT2D eigenvalue weighted by molar-refractivity contribution is 7.87. The van der Waals surface area contributed by atoms with Gasteiger partial charge in [-0.05, 0) is 97.2 Å². The van der Waals surface area contributed by atoms with Crippen LogP contribution in [0.4, 0.5) is 17.6 Å². The molecular formula is C36H39F4O9S3-. The molecule has 52 heavy (non-hydrogen) atoms. The zero-order chi connectivity index (χ0) is 37.4. The average molecular weight is 788 g/mol. The van der Waals surface area contributed by atoms with Crippen LogP contribution in [0.3, 0.4) is 0 Å². The molecule has 6 rings (SSSR count). The second-order valence-corrected chi connectivity index (χ2v) is 18.3. The smallest absolute Gasteiger partial charge is 0.339 e. The van der Waals surface area contributed by atoms with Gasteiger partial charge in [-0.1, -0.05) is 69.9 Å². The van der Waals surface area contributed by atoms with Gasteiger partial charge in [-0.2, -0.15) is 25.6 Å². The van der Waals surface area contributed by atoms with Crippen LogP contribution in [0.2, 0.25) is 0 Å². The molecule has 0 spiro atoms. The SMILES string of the molecule is O=S(=O)([O-])c1c(F)c(F)c(OS(=O)(=O)c2ccc(OS(=O)(=O)c3c(C4CCCCC4)cc(C4CCCCC4)cc3C3CCCCC3)cc2)c(F)c1F. The van der Waals surface area contributed by atoms with Gasteiger partial charge in [0.05, 0.1) is 0 Å². The lowest BCUT2D eigenvalue weighted by Gasteiger charge is -2.32. The molecule has 0 N–H and O–H groups in total. The van der Waals surface area contributed by atoms with Crippen molar-refractivity contribution in [2.75, 3.05) is 0 Å². The standard InChI is InChI=1S/C36H40F4O9S3/c37-30-32(39)36(50(41,42)43)33(40)31(38)34(30)49-51(44,45)27-18-16-26(17-19-27)48-52(46,47)35-28(23-12-6-2-7-13-23)20-25(22-10-4-1-5-11-22)21-29(35)24-14-8-3-9-15-24/h16-24H,1-15H2,(H,41,42,43)/p-1. The van der Waals surface area contributed by atoms with Gasteiger partial charge in [-0.15, -0.1) is 0 Å². The van der Waals surface area contributed by atoms with E-state index in [1.807, 2.05) is 0 Å². The number of halogens is 4. The van der Waals surface area contributed by atoms with Crippen molar-refractivity contribution in [3.05, 3.63) is 76.4 Å². The Balaban J connectivity index is 1.34. The van der Waals surface area contributed by atoms with Crippen LogP contribution in [0.15, 0.2) is 51.1 Å². The second kappa shape index (κ2) is 15.3. The lowest BCUT2D eigenvalue weighted by Crippen LogP contribution is -2.21. The minimum Gasteiger partial charge on any atom is -0.744 e. The number of hydrogen-bond donors (Lipinski definition) is 0. The maximum atomic E-state index is 14.5. The van der Waals surface area contributed by atoms with Gasteiger partial charge in [0.15, 0.2) is 11.6 Å². The summed E-state index contributed by atoms with van der Waals surface area (Å²) in [5, 5.41) is 0. The van der Waals surface area contributed by atoms with E-state index in [1.54, 1.807) is 0 Å². The maximum absolute atomic E-state index is 14.5. The third-order valence-electron chi connectivity index (χ3n) is 10.5. The fourth-order valence-electron chi connectivity index (χ4n) is 7.96. The normalized spacial score (nSPS) is 18.7. The fraction of sp³-hybridized carbons (Fsp3) is 0.500. The summed E-state index contributed by atoms with van der Waals surface area (Å²) in [4.78, 5) is -3.14. The van der Waals surface area contributed by atoms with E-state index in [9.17, 15) is 47.4 Å². The van der Waals surface area contributed by atoms with Gasteiger partial charge in [0.25, 0.3) is 0 Å². The van der Waals surface area contributed by atoms with Crippen LogP contribution in [0.25, 0.3) is 0 Å². The van der Waals surface area contributed by atoms with E-state index in [0.29, 0.717) is 5.92 Å². The minimum absolute atomic E-state index is 0.0240. The molecule has 284 valence electrons. The van der Waals surface area contributed by atoms with Crippen molar-refractivity contribution in [2.24, 2.45) is 0 Å². The molecule has 0 bridgehead atoms. The summed E-state index contributed by atoms with van der Waals surface area (Å²) in [6, 6.07) is 7.71. The quantitative estimate of drug-likeness (QED) is 0.0852. The molecule has 0 radical (unpaired) electrons. The van der Waals surface area contributed by atoms with Crippen molar-refractivity contribution in [2.45, 2.75) is 129 Å². The van der Waals surface area contributed by atoms with Gasteiger partial charge in [0.2, 0.25) is 17.4 Å². The molecule has 0 heterocycles. The molecule has 0 unspecified atom stereocenters. The summed E-state index contributed by atoms with van der Waals surface area (Å²) in [7, 11) is -15.8. The van der Waals surface area contributed by atoms with E-state index in [1.165, 1.54) is 12.0 Å². The van der Waals surface area contributed by atoms with E-state index in [2.05, 4.69) is 16.3 Å². The molecule has 9 nitrogen and oxygen atoms in total. The lowest BCUT2D eigenvalue weighted by molar-refractivity contribution is 0.363. The zero-order valence-corrected chi connectivity index (χ0v) is 30.7. The van der Waals surface area contributed by atoms with Gasteiger partial charge < -0.3 is 12.9 Å². The molecule has 0 aromatic heterocycles. The van der Waals surface area contributed by atoms with Crippen molar-refractivity contribution in [1.82, 2.24) is 0 Å². The van der Waals surface area contributed by atoms with Crippen molar-refractivity contribution < 1.29 is 55.7 Å². The predicted octanol–water partition coefficient (Wildman–Crippen LogP) is 8.83. The Morgan fingerprint density at radius 2 is 0.942 bits per heavy atom. The molecule has 16 heteroatoms. The summed E-state index contributed by atoms with van der Waals surface area (Å²) < 4.78 is 155. The van der Waals surface area contributed by atoms with Crippen molar-refractivity contribution in [3.63, 3.8) is 0 Å². The monoisotopic (exact) mass is 787 g/mol. The van der Waals surface area contributed by atoms with Gasteiger partial charge >= 0.3 is 20.2 Å². The molecule has 3 saturated carbocycles. The lowest BCUT2D eigenvalue weighted by atomic mass is 9.76. The first-order valence-electron chi connectivity index (χ1n) is 17.6. The van der Waals surface area contributed by atoms with E-state index in [4.69, 9.17) is 4.18 Å². The molecule has 3 aromatic rings. The van der Waals surface area contributed by atoms with Crippen molar-refractivity contribution in [1.29, 1.82) is 0 Å². The van der Waals surface area contributed by atoms with Crippen LogP contribution in [-0.4, -0.2) is 29.8 Å². The predicted molar refractivity (Wildman–Crippen MR) is 180 cm³/mol. The summed E-state index contributed by atoms with van der Waals surface area (Å²) in [5.74, 6) is -12.5. The number of hydrogen-bond acceptors (Lipinski definition) is 9. The number of rotatable bonds is 10. The number of benzene rings is 3. The Kier molecular flexibility index (Phi) is 11.3. The van der Waals surface area contributed by atoms with Crippen molar-refractivity contribution >= 4 is 30.4 Å². The fourth-order valence-corrected chi connectivity index (χ4v) is 11.0. The van der Waals surface area contributed by atoms with Crippen LogP contribution < -0.4 is 8.37 Å². The summed E-state index contributed by atoms with van der Waals surface area (Å²) in [6.07, 6.45) is 15.0. The highest BCUT2D eigenvalue weighted by Crippen LogP contribution is 2.46. The van der Waals surface area contributed by atoms with Crippen molar-refractivity contribution in [3.8, 4) is 11.5 Å². The Morgan fingerprint density at radius 1 is 0.519 bits per heavy atom. The largest absolute Gasteiger partial charge is 0.744 e. The minimum atomic E-state index is -6.04. The molecule has 0 aliphatic heterocycles. The van der Waals surface area contributed by atoms with E-state index in [0.717, 1.165) is 125 Å². The van der Waals surface area contributed by atoms with Crippen LogP contribution in [0, 0.1) is 23.3 Å². The van der Waals surface area contributed by atoms with Crippen LogP contribution in [0.5, 0.6) is 11.5 Å². The van der Waals surface area contributed by atoms with Crippen LogP contribution in [0.1, 0.15) is 131 Å². The first-order valence-corrected chi connectivity index (χ1v) is 21.8. The van der Waals surface area contributed by atoms with Crippen LogP contribution >= 0.6 is 0 Å².